The summed E-state index contributed by atoms with van der Waals surface area (Å²) in [5.41, 5.74) is 0. The van der Waals surface area contributed by atoms with Gasteiger partial charge in [0.15, 0.2) is 0 Å². The number of hydrogen-bond acceptors (Lipinski definition) is 2. The summed E-state index contributed by atoms with van der Waals surface area (Å²) in [7, 11) is -3.15. The van der Waals surface area contributed by atoms with Crippen molar-refractivity contribution in [2.45, 2.75) is 0 Å². The van der Waals surface area contributed by atoms with Crippen molar-refractivity contribution < 1.29 is 9.46 Å². The van der Waals surface area contributed by atoms with Crippen LogP contribution in [0.2, 0.25) is 0 Å². The fourth-order valence-corrected chi connectivity index (χ4v) is 2.39. The van der Waals surface area contributed by atoms with Crippen LogP contribution >= 0.6 is 39.4 Å². The fourth-order valence-electron chi connectivity index (χ4n) is 0.570. The molecule has 0 spiro atoms. The molecule has 0 aliphatic carbocycles. The Balaban J connectivity index is 3.49. The van der Waals surface area contributed by atoms with E-state index in [1.54, 1.807) is 0 Å². The number of nitrogens with one attached hydrogen (secondary N) is 2. The molecule has 0 radical (unpaired) electrons. The third kappa shape index (κ3) is 7.71. The van der Waals surface area contributed by atoms with E-state index in [9.17, 15) is 9.46 Å². The van der Waals surface area contributed by atoms with Gasteiger partial charge >= 0.3 is 0 Å². The molecule has 1 unspecified atom stereocenters. The third-order valence-corrected chi connectivity index (χ3v) is 3.21. The number of hydrogen-bond donors (Lipinski definition) is 3. The second kappa shape index (κ2) is 7.47. The molecule has 74 valence electrons. The second-order valence-corrected chi connectivity index (χ2v) is 5.77. The van der Waals surface area contributed by atoms with E-state index in [2.05, 4.69) is 42.3 Å². The van der Waals surface area contributed by atoms with E-state index >= 15 is 0 Å². The first-order valence-corrected chi connectivity index (χ1v) is 7.61. The normalized spacial score (nSPS) is 15.9. The first kappa shape index (κ1) is 13.1. The zero-order valence-corrected chi connectivity index (χ0v) is 10.7. The molecular weight excluding hydrogens is 311 g/mol. The Hall–Kier alpha value is 1.07. The van der Waals surface area contributed by atoms with E-state index in [0.717, 1.165) is 5.33 Å². The first-order chi connectivity index (χ1) is 5.62. The lowest BCUT2D eigenvalue weighted by molar-refractivity contribution is 0.459. The molecule has 0 aliphatic heterocycles. The molecule has 0 aromatic rings. The van der Waals surface area contributed by atoms with E-state index in [4.69, 9.17) is 0 Å². The molecule has 0 saturated carbocycles. The summed E-state index contributed by atoms with van der Waals surface area (Å²) < 4.78 is 11.2. The molecular formula is C5H13Br2N2O2P. The van der Waals surface area contributed by atoms with Gasteiger partial charge in [-0.2, -0.15) is 0 Å². The molecule has 0 fully saturated rings. The summed E-state index contributed by atoms with van der Waals surface area (Å²) in [5, 5.41) is 6.86. The predicted octanol–water partition coefficient (Wildman–Crippen LogP) is 1.10. The summed E-state index contributed by atoms with van der Waals surface area (Å²) in [6.07, 6.45) is 0.117. The summed E-state index contributed by atoms with van der Waals surface area (Å²) >= 11 is 6.37. The van der Waals surface area contributed by atoms with Gasteiger partial charge in [-0.3, -0.25) is 4.57 Å². The molecule has 0 amide bonds. The van der Waals surface area contributed by atoms with Gasteiger partial charge in [-0.25, -0.2) is 5.09 Å². The van der Waals surface area contributed by atoms with Crippen LogP contribution in [0, 0.1) is 0 Å². The monoisotopic (exact) mass is 322 g/mol. The summed E-state index contributed by atoms with van der Waals surface area (Å²) in [6, 6.07) is 0. The van der Waals surface area contributed by atoms with Crippen molar-refractivity contribution in [3.05, 3.63) is 0 Å². The van der Waals surface area contributed by atoms with E-state index in [-0.39, 0.29) is 6.29 Å². The van der Waals surface area contributed by atoms with Crippen LogP contribution in [0.3, 0.4) is 0 Å². The van der Waals surface area contributed by atoms with Crippen LogP contribution in [0.1, 0.15) is 0 Å². The van der Waals surface area contributed by atoms with Gasteiger partial charge in [0.1, 0.15) is 0 Å². The minimum absolute atomic E-state index is 0.117. The highest BCUT2D eigenvalue weighted by Crippen LogP contribution is 2.32. The Labute approximate surface area is 89.3 Å². The Morgan fingerprint density at radius 3 is 2.33 bits per heavy atom. The van der Waals surface area contributed by atoms with Crippen molar-refractivity contribution in [2.24, 2.45) is 0 Å². The Kier molecular flexibility index (Phi) is 8.14. The van der Waals surface area contributed by atoms with Gasteiger partial charge in [0, 0.05) is 23.7 Å². The Bertz CT molecular complexity index is 158. The molecule has 3 N–H and O–H groups in total. The van der Waals surface area contributed by atoms with Crippen LogP contribution < -0.4 is 10.4 Å². The van der Waals surface area contributed by atoms with E-state index in [1.165, 1.54) is 0 Å². The molecule has 1 atom stereocenters. The van der Waals surface area contributed by atoms with Crippen molar-refractivity contribution in [3.8, 4) is 0 Å². The van der Waals surface area contributed by atoms with Crippen LogP contribution in [0.15, 0.2) is 0 Å². The van der Waals surface area contributed by atoms with Crippen molar-refractivity contribution >= 4 is 39.4 Å². The summed E-state index contributed by atoms with van der Waals surface area (Å²) in [6.45, 7) is 1.20. The number of rotatable bonds is 7. The highest BCUT2D eigenvalue weighted by Gasteiger charge is 2.14. The van der Waals surface area contributed by atoms with Crippen molar-refractivity contribution in [1.82, 2.24) is 10.4 Å². The van der Waals surface area contributed by atoms with Crippen LogP contribution in [-0.2, 0) is 4.57 Å². The van der Waals surface area contributed by atoms with Gasteiger partial charge in [0.2, 0.25) is 0 Å². The Morgan fingerprint density at radius 1 is 1.25 bits per heavy atom. The van der Waals surface area contributed by atoms with Gasteiger partial charge in [-0.05, 0) is 0 Å². The molecule has 0 bridgehead atoms. The van der Waals surface area contributed by atoms with Gasteiger partial charge in [-0.1, -0.05) is 31.9 Å². The zero-order chi connectivity index (χ0) is 9.45. The lowest BCUT2D eigenvalue weighted by Gasteiger charge is -2.12. The average molecular weight is 324 g/mol. The predicted molar refractivity (Wildman–Crippen MR) is 58.3 cm³/mol. The maximum atomic E-state index is 11.2. The number of alkyl halides is 2. The van der Waals surface area contributed by atoms with E-state index < -0.39 is 7.52 Å². The maximum absolute atomic E-state index is 11.2. The zero-order valence-electron chi connectivity index (χ0n) is 6.59. The highest BCUT2D eigenvalue weighted by atomic mass is 79.9. The van der Waals surface area contributed by atoms with E-state index in [1.807, 2.05) is 0 Å². The highest BCUT2D eigenvalue weighted by molar-refractivity contribution is 9.09. The molecule has 0 aliphatic rings. The van der Waals surface area contributed by atoms with Gasteiger partial charge < -0.3 is 10.2 Å². The number of halogens is 2. The third-order valence-electron chi connectivity index (χ3n) is 1.05. The Morgan fingerprint density at radius 2 is 1.83 bits per heavy atom. The fraction of sp³-hybridized carbons (Fsp3) is 1.00. The van der Waals surface area contributed by atoms with Crippen molar-refractivity contribution in [1.29, 1.82) is 0 Å². The molecule has 7 heteroatoms. The smallest absolute Gasteiger partial charge is 0.280 e. The minimum atomic E-state index is -3.15. The second-order valence-electron chi connectivity index (χ2n) is 2.15. The summed E-state index contributed by atoms with van der Waals surface area (Å²) in [4.78, 5) is 9.22. The lowest BCUT2D eigenvalue weighted by atomic mass is 10.8. The van der Waals surface area contributed by atoms with Crippen LogP contribution in [-0.4, -0.2) is 34.9 Å². The molecule has 4 nitrogen and oxygen atoms in total. The minimum Gasteiger partial charge on any atom is -0.332 e. The molecule has 0 aromatic heterocycles. The van der Waals surface area contributed by atoms with E-state index in [0.29, 0.717) is 18.4 Å². The average Bonchev–Trinajstić information content (AvgIpc) is 2.01. The van der Waals surface area contributed by atoms with Crippen molar-refractivity contribution in [3.63, 3.8) is 0 Å². The maximum Gasteiger partial charge on any atom is 0.280 e. The standard InChI is InChI=1S/C5H13Br2N2O2P/c6-1-3-8-5-12(10,11)9-4-2-7/h8H,1-5H2,(H2,9,10,11). The van der Waals surface area contributed by atoms with Gasteiger partial charge in [-0.15, -0.1) is 0 Å². The molecule has 0 aromatic carbocycles. The topological polar surface area (TPSA) is 61.4 Å². The quantitative estimate of drug-likeness (QED) is 0.373. The SMILES string of the molecule is O=P(O)(CNCCBr)NCCBr. The largest absolute Gasteiger partial charge is 0.332 e. The van der Waals surface area contributed by atoms with Crippen LogP contribution in [0.4, 0.5) is 0 Å². The first-order valence-electron chi connectivity index (χ1n) is 3.52. The summed E-state index contributed by atoms with van der Waals surface area (Å²) in [5.74, 6) is 0. The molecule has 12 heavy (non-hydrogen) atoms. The van der Waals surface area contributed by atoms with Gasteiger partial charge in [0.05, 0.1) is 6.29 Å². The molecule has 0 heterocycles. The van der Waals surface area contributed by atoms with Crippen LogP contribution in [0.25, 0.3) is 0 Å². The molecule has 0 rings (SSSR count). The van der Waals surface area contributed by atoms with Crippen molar-refractivity contribution in [2.75, 3.05) is 30.0 Å². The van der Waals surface area contributed by atoms with Crippen LogP contribution in [0.5, 0.6) is 0 Å². The van der Waals surface area contributed by atoms with Gasteiger partial charge in [0.25, 0.3) is 7.52 Å². The molecule has 0 saturated heterocycles. The lowest BCUT2D eigenvalue weighted by Crippen LogP contribution is -2.24.